The van der Waals surface area contributed by atoms with Crippen molar-refractivity contribution in [2.24, 2.45) is 7.05 Å². The number of anilines is 3. The van der Waals surface area contributed by atoms with Gasteiger partial charge in [0.05, 0.1) is 46.9 Å². The van der Waals surface area contributed by atoms with Crippen molar-refractivity contribution in [1.29, 1.82) is 0 Å². The monoisotopic (exact) mass is 559 g/mol. The van der Waals surface area contributed by atoms with Crippen molar-refractivity contribution in [1.82, 2.24) is 33.7 Å². The van der Waals surface area contributed by atoms with Crippen LogP contribution in [0.4, 0.5) is 17.3 Å². The zero-order valence-corrected chi connectivity index (χ0v) is 22.7. The molecule has 3 N–H and O–H groups in total. The summed E-state index contributed by atoms with van der Waals surface area (Å²) in [6.45, 7) is 0. The number of aliphatic hydroxyl groups excluding tert-OH is 1. The summed E-state index contributed by atoms with van der Waals surface area (Å²) in [4.78, 5) is 17.7. The van der Waals surface area contributed by atoms with E-state index in [4.69, 9.17) is 0 Å². The van der Waals surface area contributed by atoms with Crippen LogP contribution in [0.3, 0.4) is 0 Å². The Morgan fingerprint density at radius 3 is 2.58 bits per heavy atom. The molecule has 40 heavy (non-hydrogen) atoms. The summed E-state index contributed by atoms with van der Waals surface area (Å²) >= 11 is 0. The first-order chi connectivity index (χ1) is 19.3. The van der Waals surface area contributed by atoms with Gasteiger partial charge in [0.15, 0.2) is 5.82 Å². The van der Waals surface area contributed by atoms with Gasteiger partial charge in [0.2, 0.25) is 0 Å². The third kappa shape index (κ3) is 5.83. The zero-order chi connectivity index (χ0) is 27.7. The van der Waals surface area contributed by atoms with Crippen LogP contribution in [0.25, 0.3) is 11.4 Å². The van der Waals surface area contributed by atoms with E-state index < -0.39 is 10.0 Å². The number of rotatable bonds is 7. The Morgan fingerprint density at radius 2 is 1.82 bits per heavy atom. The first-order valence-electron chi connectivity index (χ1n) is 13.2. The third-order valence-corrected chi connectivity index (χ3v) is 8.96. The lowest BCUT2D eigenvalue weighted by molar-refractivity contribution is 0.126. The van der Waals surface area contributed by atoms with Crippen LogP contribution in [0.5, 0.6) is 0 Å². The topological polar surface area (TPSA) is 153 Å². The van der Waals surface area contributed by atoms with Gasteiger partial charge in [-0.3, -0.25) is 0 Å². The van der Waals surface area contributed by atoms with Gasteiger partial charge >= 0.3 is 0 Å². The molecule has 2 aliphatic carbocycles. The van der Waals surface area contributed by atoms with Crippen LogP contribution in [0.15, 0.2) is 49.4 Å². The quantitative estimate of drug-likeness (QED) is 0.288. The van der Waals surface area contributed by atoms with E-state index in [1.807, 2.05) is 23.9 Å². The fourth-order valence-electron chi connectivity index (χ4n) is 4.57. The van der Waals surface area contributed by atoms with Crippen LogP contribution < -0.4 is 10.6 Å². The maximum Gasteiger partial charge on any atom is 0.256 e. The van der Waals surface area contributed by atoms with Gasteiger partial charge in [0.25, 0.3) is 10.0 Å². The van der Waals surface area contributed by atoms with Gasteiger partial charge in [-0.15, -0.1) is 0 Å². The average Bonchev–Trinajstić information content (AvgIpc) is 3.55. The Hall–Kier alpha value is -4.28. The van der Waals surface area contributed by atoms with Gasteiger partial charge in [0, 0.05) is 37.7 Å². The van der Waals surface area contributed by atoms with Gasteiger partial charge in [-0.25, -0.2) is 28.4 Å². The highest BCUT2D eigenvalue weighted by molar-refractivity contribution is 7.90. The molecule has 0 spiro atoms. The molecule has 0 radical (unpaired) electrons. The van der Waals surface area contributed by atoms with Crippen LogP contribution in [-0.4, -0.2) is 64.6 Å². The number of aryl methyl sites for hydroxylation is 1. The summed E-state index contributed by atoms with van der Waals surface area (Å²) in [5.74, 6) is 7.66. The van der Waals surface area contributed by atoms with Crippen LogP contribution in [0, 0.1) is 11.8 Å². The zero-order valence-electron chi connectivity index (χ0n) is 21.9. The maximum atomic E-state index is 12.5. The molecule has 2 saturated carbocycles. The van der Waals surface area contributed by atoms with Crippen molar-refractivity contribution >= 4 is 27.3 Å². The molecule has 206 valence electrons. The Kier molecular flexibility index (Phi) is 6.95. The summed E-state index contributed by atoms with van der Waals surface area (Å²) in [5.41, 5.74) is 2.72. The molecule has 6 rings (SSSR count). The number of nitrogens with one attached hydrogen (secondary N) is 2. The van der Waals surface area contributed by atoms with Crippen molar-refractivity contribution in [3.05, 3.63) is 60.7 Å². The Labute approximate surface area is 232 Å². The molecular formula is C27H29N9O3S. The Balaban J connectivity index is 1.24. The normalized spacial score (nSPS) is 19.1. The summed E-state index contributed by atoms with van der Waals surface area (Å²) < 4.78 is 27.9. The van der Waals surface area contributed by atoms with Crippen LogP contribution in [-0.2, 0) is 17.1 Å². The minimum Gasteiger partial charge on any atom is -0.393 e. The smallest absolute Gasteiger partial charge is 0.256 e. The summed E-state index contributed by atoms with van der Waals surface area (Å²) in [5, 5.41) is 20.4. The lowest BCUT2D eigenvalue weighted by Crippen LogP contribution is -2.28. The van der Waals surface area contributed by atoms with E-state index in [1.165, 1.54) is 12.4 Å². The third-order valence-electron chi connectivity index (χ3n) is 6.93. The lowest BCUT2D eigenvalue weighted by atomic mass is 9.93. The Bertz CT molecular complexity index is 1690. The van der Waals surface area contributed by atoms with Gasteiger partial charge < -0.3 is 20.3 Å². The van der Waals surface area contributed by atoms with Gasteiger partial charge in [0.1, 0.15) is 17.3 Å². The molecule has 4 aromatic heterocycles. The first-order valence-corrected chi connectivity index (χ1v) is 14.7. The molecule has 0 bridgehead atoms. The molecule has 0 saturated heterocycles. The molecule has 4 heterocycles. The maximum absolute atomic E-state index is 12.5. The largest absolute Gasteiger partial charge is 0.393 e. The standard InChI is InChI=1S/C27H29N9O3S/c1-35-16-21(30-17-35)3-2-18-13-29-26(12-24(18)32-20-4-6-22(37)7-5-20)33-25-10-11-28-27(34-25)19-14-31-36(15-19)40(38,39)23-8-9-23/h10-17,20,22-23,37H,4-9H2,1H3,(H2,28,29,32,33,34). The molecule has 0 aromatic carbocycles. The van der Waals surface area contributed by atoms with E-state index in [-0.39, 0.29) is 17.4 Å². The predicted molar refractivity (Wildman–Crippen MR) is 149 cm³/mol. The second kappa shape index (κ2) is 10.7. The fourth-order valence-corrected chi connectivity index (χ4v) is 6.04. The molecule has 0 unspecified atom stereocenters. The second-order valence-corrected chi connectivity index (χ2v) is 12.2. The number of aliphatic hydroxyl groups is 1. The van der Waals surface area contributed by atoms with E-state index in [2.05, 4.69) is 47.5 Å². The predicted octanol–water partition coefficient (Wildman–Crippen LogP) is 2.67. The number of hydrogen-bond acceptors (Lipinski definition) is 10. The molecular weight excluding hydrogens is 530 g/mol. The molecule has 4 aromatic rings. The minimum absolute atomic E-state index is 0.211. The Morgan fingerprint density at radius 1 is 1.00 bits per heavy atom. The number of aromatic nitrogens is 7. The van der Waals surface area contributed by atoms with Crippen molar-refractivity contribution in [2.45, 2.75) is 55.9 Å². The highest BCUT2D eigenvalue weighted by atomic mass is 32.2. The van der Waals surface area contributed by atoms with Crippen molar-refractivity contribution in [2.75, 3.05) is 10.6 Å². The highest BCUT2D eigenvalue weighted by Crippen LogP contribution is 2.30. The molecule has 12 nitrogen and oxygen atoms in total. The van der Waals surface area contributed by atoms with E-state index in [0.717, 1.165) is 41.0 Å². The number of nitrogens with zero attached hydrogens (tertiary/aromatic N) is 7. The minimum atomic E-state index is -3.47. The van der Waals surface area contributed by atoms with Gasteiger partial charge in [-0.1, -0.05) is 5.92 Å². The molecule has 0 aliphatic heterocycles. The molecule has 2 aliphatic rings. The first kappa shape index (κ1) is 26.0. The molecule has 2 fully saturated rings. The van der Waals surface area contributed by atoms with Crippen LogP contribution >= 0.6 is 0 Å². The number of pyridine rings is 1. The van der Waals surface area contributed by atoms with Crippen LogP contribution in [0.2, 0.25) is 0 Å². The van der Waals surface area contributed by atoms with E-state index in [0.29, 0.717) is 41.6 Å². The SMILES string of the molecule is Cn1cnc(C#Cc2cnc(Nc3ccnc(-c4cnn(S(=O)(=O)C5CC5)c4)n3)cc2NC2CCC(O)CC2)c1. The highest BCUT2D eigenvalue weighted by Gasteiger charge is 2.37. The summed E-state index contributed by atoms with van der Waals surface area (Å²) in [7, 11) is -1.58. The van der Waals surface area contributed by atoms with Crippen molar-refractivity contribution in [3.8, 4) is 23.2 Å². The lowest BCUT2D eigenvalue weighted by Gasteiger charge is -2.27. The number of imidazole rings is 1. The van der Waals surface area contributed by atoms with Crippen molar-refractivity contribution < 1.29 is 13.5 Å². The molecule has 13 heteroatoms. The second-order valence-electron chi connectivity index (χ2n) is 10.2. The number of hydrogen-bond donors (Lipinski definition) is 3. The van der Waals surface area contributed by atoms with Gasteiger partial charge in [-0.05, 0) is 50.5 Å². The van der Waals surface area contributed by atoms with Gasteiger partial charge in [-0.2, -0.15) is 9.19 Å². The van der Waals surface area contributed by atoms with Crippen molar-refractivity contribution in [3.63, 3.8) is 0 Å². The van der Waals surface area contributed by atoms with E-state index in [1.54, 1.807) is 24.8 Å². The van der Waals surface area contributed by atoms with Crippen LogP contribution in [0.1, 0.15) is 49.8 Å². The van der Waals surface area contributed by atoms with E-state index >= 15 is 0 Å². The van der Waals surface area contributed by atoms with E-state index in [9.17, 15) is 13.5 Å². The summed E-state index contributed by atoms with van der Waals surface area (Å²) in [6.07, 6.45) is 14.1. The fraction of sp³-hybridized carbons (Fsp3) is 0.370. The molecule has 0 amide bonds. The molecule has 0 atom stereocenters. The average molecular weight is 560 g/mol. The summed E-state index contributed by atoms with van der Waals surface area (Å²) in [6, 6.07) is 3.80.